The van der Waals surface area contributed by atoms with Gasteiger partial charge < -0.3 is 24.5 Å². The first-order valence-electron chi connectivity index (χ1n) is 11.0. The van der Waals surface area contributed by atoms with E-state index in [9.17, 15) is 4.79 Å². The lowest BCUT2D eigenvalue weighted by molar-refractivity contribution is -0.132. The number of aromatic nitrogens is 2. The van der Waals surface area contributed by atoms with Crippen molar-refractivity contribution in [3.05, 3.63) is 78.1 Å². The van der Waals surface area contributed by atoms with Crippen molar-refractivity contribution in [1.82, 2.24) is 14.3 Å². The lowest BCUT2D eigenvalue weighted by Crippen LogP contribution is -2.36. The predicted octanol–water partition coefficient (Wildman–Crippen LogP) is 3.95. The number of rotatable bonds is 6. The number of imidazole rings is 1. The van der Waals surface area contributed by atoms with Crippen LogP contribution >= 0.6 is 0 Å². The summed E-state index contributed by atoms with van der Waals surface area (Å²) in [4.78, 5) is 19.4. The van der Waals surface area contributed by atoms with Gasteiger partial charge in [0, 0.05) is 31.0 Å². The molecule has 5 rings (SSSR count). The molecular weight excluding hydrogens is 416 g/mol. The summed E-state index contributed by atoms with van der Waals surface area (Å²) in [5.74, 6) is 1.38. The van der Waals surface area contributed by atoms with Crippen molar-refractivity contribution in [2.45, 2.75) is 19.4 Å². The molecule has 33 heavy (non-hydrogen) atoms. The van der Waals surface area contributed by atoms with E-state index in [2.05, 4.69) is 18.2 Å². The monoisotopic (exact) mass is 442 g/mol. The first-order valence-corrected chi connectivity index (χ1v) is 11.0. The van der Waals surface area contributed by atoms with E-state index < -0.39 is 0 Å². The molecule has 0 fully saturated rings. The zero-order chi connectivity index (χ0) is 22.8. The Kier molecular flexibility index (Phi) is 5.60. The average molecular weight is 443 g/mol. The third-order valence-corrected chi connectivity index (χ3v) is 6.03. The molecule has 0 bridgehead atoms. The van der Waals surface area contributed by atoms with Gasteiger partial charge in [-0.3, -0.25) is 4.79 Å². The Bertz CT molecular complexity index is 1310. The summed E-state index contributed by atoms with van der Waals surface area (Å²) in [7, 11) is 1.59. The molecule has 7 heteroatoms. The molecule has 168 valence electrons. The van der Waals surface area contributed by atoms with Gasteiger partial charge in [-0.1, -0.05) is 24.3 Å². The Labute approximate surface area is 192 Å². The largest absolute Gasteiger partial charge is 0.495 e. The quantitative estimate of drug-likeness (QED) is 0.457. The highest BCUT2D eigenvalue weighted by Crippen LogP contribution is 2.30. The van der Waals surface area contributed by atoms with Gasteiger partial charge in [-0.15, -0.1) is 0 Å². The van der Waals surface area contributed by atoms with E-state index in [0.717, 1.165) is 24.2 Å². The van der Waals surface area contributed by atoms with Gasteiger partial charge in [0.15, 0.2) is 11.4 Å². The van der Waals surface area contributed by atoms with Gasteiger partial charge in [0.25, 0.3) is 0 Å². The first kappa shape index (κ1) is 20.9. The summed E-state index contributed by atoms with van der Waals surface area (Å²) >= 11 is 0. The zero-order valence-corrected chi connectivity index (χ0v) is 18.5. The molecule has 4 aromatic rings. The SMILES string of the molecule is COc1ccc(-c2cn3cccc(OCCC(=O)N4CCc5ccccc5C4)c3n2)cc1N. The first-order chi connectivity index (χ1) is 16.1. The third-order valence-electron chi connectivity index (χ3n) is 6.03. The fourth-order valence-corrected chi connectivity index (χ4v) is 4.25. The molecule has 0 aliphatic carbocycles. The van der Waals surface area contributed by atoms with Crippen molar-refractivity contribution >= 4 is 17.2 Å². The van der Waals surface area contributed by atoms with E-state index in [-0.39, 0.29) is 5.91 Å². The van der Waals surface area contributed by atoms with Crippen LogP contribution in [0.25, 0.3) is 16.9 Å². The van der Waals surface area contributed by atoms with Crippen LogP contribution in [-0.2, 0) is 17.8 Å². The number of amides is 1. The van der Waals surface area contributed by atoms with Gasteiger partial charge in [0.1, 0.15) is 5.75 Å². The Balaban J connectivity index is 1.26. The summed E-state index contributed by atoms with van der Waals surface area (Å²) in [5, 5.41) is 0. The fraction of sp³-hybridized carbons (Fsp3) is 0.231. The fourth-order valence-electron chi connectivity index (χ4n) is 4.25. The Morgan fingerprint density at radius 2 is 1.94 bits per heavy atom. The number of nitrogens with two attached hydrogens (primary N) is 1. The molecule has 0 spiro atoms. The minimum atomic E-state index is 0.106. The summed E-state index contributed by atoms with van der Waals surface area (Å²) in [5.41, 5.74) is 11.5. The molecular formula is C26H26N4O3. The lowest BCUT2D eigenvalue weighted by atomic mass is 10.00. The molecule has 0 saturated heterocycles. The van der Waals surface area contributed by atoms with E-state index in [0.29, 0.717) is 42.4 Å². The van der Waals surface area contributed by atoms with Gasteiger partial charge >= 0.3 is 0 Å². The maximum absolute atomic E-state index is 12.7. The number of fused-ring (bicyclic) bond motifs is 2. The molecule has 1 aliphatic heterocycles. The molecule has 0 atom stereocenters. The van der Waals surface area contributed by atoms with Crippen molar-refractivity contribution in [2.75, 3.05) is 26.0 Å². The number of hydrogen-bond acceptors (Lipinski definition) is 5. The Hall–Kier alpha value is -4.00. The molecule has 0 radical (unpaired) electrons. The number of nitrogen functional groups attached to an aromatic ring is 1. The van der Waals surface area contributed by atoms with Gasteiger partial charge in [-0.25, -0.2) is 4.98 Å². The van der Waals surface area contributed by atoms with Crippen molar-refractivity contribution in [3.63, 3.8) is 0 Å². The second kappa shape index (κ2) is 8.86. The second-order valence-electron chi connectivity index (χ2n) is 8.12. The molecule has 7 nitrogen and oxygen atoms in total. The Morgan fingerprint density at radius 1 is 1.09 bits per heavy atom. The normalized spacial score (nSPS) is 13.1. The molecule has 2 aromatic heterocycles. The number of methoxy groups -OCH3 is 1. The number of benzene rings is 2. The van der Waals surface area contributed by atoms with Gasteiger partial charge in [-0.05, 0) is 47.9 Å². The molecule has 3 heterocycles. The van der Waals surface area contributed by atoms with Crippen LogP contribution in [0.15, 0.2) is 67.0 Å². The van der Waals surface area contributed by atoms with E-state index in [1.165, 1.54) is 11.1 Å². The minimum Gasteiger partial charge on any atom is -0.495 e. The standard InChI is InChI=1S/C26H26N4O3/c1-32-23-9-8-19(15-21(23)27)22-17-30-12-4-7-24(26(30)28-22)33-14-11-25(31)29-13-10-18-5-2-3-6-20(18)16-29/h2-9,12,15,17H,10-11,13-14,16,27H2,1H3. The smallest absolute Gasteiger partial charge is 0.226 e. The van der Waals surface area contributed by atoms with Crippen molar-refractivity contribution in [1.29, 1.82) is 0 Å². The maximum Gasteiger partial charge on any atom is 0.226 e. The number of carbonyl (C=O) groups excluding carboxylic acids is 1. The molecule has 0 saturated carbocycles. The maximum atomic E-state index is 12.7. The van der Waals surface area contributed by atoms with E-state index in [1.54, 1.807) is 7.11 Å². The van der Waals surface area contributed by atoms with Crippen molar-refractivity contribution in [2.24, 2.45) is 0 Å². The summed E-state index contributed by atoms with van der Waals surface area (Å²) in [6, 6.07) is 17.7. The Morgan fingerprint density at radius 3 is 2.76 bits per heavy atom. The lowest BCUT2D eigenvalue weighted by Gasteiger charge is -2.28. The van der Waals surface area contributed by atoms with Gasteiger partial charge in [-0.2, -0.15) is 0 Å². The van der Waals surface area contributed by atoms with Crippen molar-refractivity contribution < 1.29 is 14.3 Å². The van der Waals surface area contributed by atoms with Crippen LogP contribution in [0.3, 0.4) is 0 Å². The van der Waals surface area contributed by atoms with Crippen LogP contribution in [0.5, 0.6) is 11.5 Å². The number of pyridine rings is 1. The number of ether oxygens (including phenoxy) is 2. The van der Waals surface area contributed by atoms with Crippen LogP contribution < -0.4 is 15.2 Å². The summed E-state index contributed by atoms with van der Waals surface area (Å²) < 4.78 is 13.1. The number of carbonyl (C=O) groups is 1. The van der Waals surface area contributed by atoms with Crippen LogP contribution in [0, 0.1) is 0 Å². The molecule has 2 aromatic carbocycles. The average Bonchev–Trinajstić information content (AvgIpc) is 3.29. The number of nitrogens with zero attached hydrogens (tertiary/aromatic N) is 3. The van der Waals surface area contributed by atoms with Crippen LogP contribution in [0.2, 0.25) is 0 Å². The molecule has 1 amide bonds. The zero-order valence-electron chi connectivity index (χ0n) is 18.5. The van der Waals surface area contributed by atoms with Crippen molar-refractivity contribution in [3.8, 4) is 22.8 Å². The highest BCUT2D eigenvalue weighted by molar-refractivity contribution is 5.77. The second-order valence-corrected chi connectivity index (χ2v) is 8.12. The minimum absolute atomic E-state index is 0.106. The van der Waals surface area contributed by atoms with E-state index in [1.807, 2.05) is 58.1 Å². The van der Waals surface area contributed by atoms with Gasteiger partial charge in [0.2, 0.25) is 5.91 Å². The molecule has 1 aliphatic rings. The van der Waals surface area contributed by atoms with Gasteiger partial charge in [0.05, 0.1) is 31.5 Å². The number of hydrogen-bond donors (Lipinski definition) is 1. The van der Waals surface area contributed by atoms with Crippen LogP contribution in [0.4, 0.5) is 5.69 Å². The predicted molar refractivity (Wildman–Crippen MR) is 127 cm³/mol. The van der Waals surface area contributed by atoms with Crippen LogP contribution in [-0.4, -0.2) is 40.5 Å². The topological polar surface area (TPSA) is 82.1 Å². The third kappa shape index (κ3) is 4.22. The molecule has 2 N–H and O–H groups in total. The van der Waals surface area contributed by atoms with E-state index >= 15 is 0 Å². The van der Waals surface area contributed by atoms with Crippen LogP contribution in [0.1, 0.15) is 17.5 Å². The van der Waals surface area contributed by atoms with E-state index in [4.69, 9.17) is 20.2 Å². The number of anilines is 1. The molecule has 0 unspecified atom stereocenters. The highest BCUT2D eigenvalue weighted by Gasteiger charge is 2.20. The summed E-state index contributed by atoms with van der Waals surface area (Å²) in [6.07, 6.45) is 5.07. The summed E-state index contributed by atoms with van der Waals surface area (Å²) in [6.45, 7) is 1.72. The highest BCUT2D eigenvalue weighted by atomic mass is 16.5.